The number of halogens is 1. The molecule has 0 fully saturated rings. The van der Waals surface area contributed by atoms with Crippen molar-refractivity contribution < 1.29 is 0 Å². The van der Waals surface area contributed by atoms with Crippen molar-refractivity contribution in [2.24, 2.45) is 4.99 Å². The number of benzene rings is 1. The first-order valence-electron chi connectivity index (χ1n) is 7.12. The molecule has 1 aromatic carbocycles. The standard InChI is InChI=1S/C17H18ClN3/c1-2-3-11-19-16-14-10-9-13(12-7-5-4-6-8-12)15(14)20-17(18)21-16/h2,4-9,17,20H,1,3,10-11H2,(H,19,21). The van der Waals surface area contributed by atoms with Gasteiger partial charge >= 0.3 is 0 Å². The number of hydrogen-bond donors (Lipinski definition) is 2. The Hall–Kier alpha value is -2.00. The van der Waals surface area contributed by atoms with Gasteiger partial charge in [-0.2, -0.15) is 0 Å². The van der Waals surface area contributed by atoms with E-state index in [0.29, 0.717) is 0 Å². The number of nitrogens with zero attached hydrogens (tertiary/aromatic N) is 1. The molecular formula is C17H18ClN3. The molecule has 0 saturated heterocycles. The van der Waals surface area contributed by atoms with E-state index >= 15 is 0 Å². The average molecular weight is 300 g/mol. The molecule has 1 aliphatic heterocycles. The van der Waals surface area contributed by atoms with Crippen molar-refractivity contribution in [1.29, 1.82) is 0 Å². The largest absolute Gasteiger partial charge is 0.370 e. The van der Waals surface area contributed by atoms with E-state index in [4.69, 9.17) is 11.6 Å². The Labute approximate surface area is 130 Å². The summed E-state index contributed by atoms with van der Waals surface area (Å²) < 4.78 is 0. The van der Waals surface area contributed by atoms with E-state index in [1.807, 2.05) is 24.3 Å². The molecule has 2 aliphatic rings. The van der Waals surface area contributed by atoms with E-state index in [1.54, 1.807) is 0 Å². The Balaban J connectivity index is 1.86. The SMILES string of the molecule is C=CCCNC1=NC(Cl)NC2=C1CC=C2c1ccccc1. The van der Waals surface area contributed by atoms with Crippen LogP contribution in [0, 0.1) is 0 Å². The van der Waals surface area contributed by atoms with Crippen molar-refractivity contribution in [2.75, 3.05) is 6.54 Å². The molecular weight excluding hydrogens is 282 g/mol. The molecule has 4 heteroatoms. The van der Waals surface area contributed by atoms with Gasteiger partial charge in [0.25, 0.3) is 0 Å². The maximum atomic E-state index is 6.22. The summed E-state index contributed by atoms with van der Waals surface area (Å²) >= 11 is 6.22. The first-order chi connectivity index (χ1) is 10.3. The zero-order chi connectivity index (χ0) is 14.7. The van der Waals surface area contributed by atoms with Crippen LogP contribution in [0.15, 0.2) is 65.3 Å². The van der Waals surface area contributed by atoms with Gasteiger partial charge in [0.1, 0.15) is 5.84 Å². The van der Waals surface area contributed by atoms with Gasteiger partial charge in [0.05, 0.1) is 5.70 Å². The highest BCUT2D eigenvalue weighted by molar-refractivity contribution is 6.22. The maximum absolute atomic E-state index is 6.22. The van der Waals surface area contributed by atoms with Gasteiger partial charge in [0.2, 0.25) is 0 Å². The topological polar surface area (TPSA) is 36.4 Å². The first-order valence-corrected chi connectivity index (χ1v) is 7.56. The highest BCUT2D eigenvalue weighted by atomic mass is 35.5. The van der Waals surface area contributed by atoms with E-state index < -0.39 is 5.62 Å². The van der Waals surface area contributed by atoms with Crippen LogP contribution >= 0.6 is 11.6 Å². The van der Waals surface area contributed by atoms with Crippen molar-refractivity contribution in [3.63, 3.8) is 0 Å². The lowest BCUT2D eigenvalue weighted by atomic mass is 10.0. The summed E-state index contributed by atoms with van der Waals surface area (Å²) in [7, 11) is 0. The summed E-state index contributed by atoms with van der Waals surface area (Å²) in [6.07, 6.45) is 5.90. The van der Waals surface area contributed by atoms with Gasteiger partial charge in [-0.3, -0.25) is 0 Å². The third kappa shape index (κ3) is 2.88. The van der Waals surface area contributed by atoms with Crippen LogP contribution in [-0.4, -0.2) is 18.0 Å². The summed E-state index contributed by atoms with van der Waals surface area (Å²) in [5.74, 6) is 0.896. The van der Waals surface area contributed by atoms with Crippen LogP contribution in [0.25, 0.3) is 5.57 Å². The third-order valence-electron chi connectivity index (χ3n) is 3.60. The van der Waals surface area contributed by atoms with Crippen molar-refractivity contribution in [3.05, 3.63) is 65.9 Å². The van der Waals surface area contributed by atoms with Crippen LogP contribution in [0.5, 0.6) is 0 Å². The monoisotopic (exact) mass is 299 g/mol. The van der Waals surface area contributed by atoms with Gasteiger partial charge < -0.3 is 10.6 Å². The number of aliphatic imine (C=N–C) groups is 1. The van der Waals surface area contributed by atoms with Crippen LogP contribution < -0.4 is 10.6 Å². The highest BCUT2D eigenvalue weighted by Gasteiger charge is 2.27. The molecule has 0 radical (unpaired) electrons. The molecule has 3 nitrogen and oxygen atoms in total. The molecule has 0 bridgehead atoms. The normalized spacial score (nSPS) is 20.3. The molecule has 0 spiro atoms. The average Bonchev–Trinajstić information content (AvgIpc) is 2.92. The van der Waals surface area contributed by atoms with E-state index in [9.17, 15) is 0 Å². The zero-order valence-electron chi connectivity index (χ0n) is 11.8. The molecule has 108 valence electrons. The predicted octanol–water partition coefficient (Wildman–Crippen LogP) is 3.42. The zero-order valence-corrected chi connectivity index (χ0v) is 12.5. The highest BCUT2D eigenvalue weighted by Crippen LogP contribution is 2.35. The Morgan fingerprint density at radius 2 is 2.19 bits per heavy atom. The summed E-state index contributed by atoms with van der Waals surface area (Å²) in [5, 5.41) is 6.64. The van der Waals surface area contributed by atoms with Crippen molar-refractivity contribution in [3.8, 4) is 0 Å². The van der Waals surface area contributed by atoms with Crippen molar-refractivity contribution in [1.82, 2.24) is 10.6 Å². The van der Waals surface area contributed by atoms with Gasteiger partial charge in [-0.15, -0.1) is 6.58 Å². The molecule has 21 heavy (non-hydrogen) atoms. The summed E-state index contributed by atoms with van der Waals surface area (Å²) in [6.45, 7) is 4.56. The van der Waals surface area contributed by atoms with Crippen LogP contribution in [0.3, 0.4) is 0 Å². The van der Waals surface area contributed by atoms with Crippen molar-refractivity contribution in [2.45, 2.75) is 18.5 Å². The molecule has 2 N–H and O–H groups in total. The molecule has 0 saturated carbocycles. The summed E-state index contributed by atoms with van der Waals surface area (Å²) in [5.41, 5.74) is 4.26. The van der Waals surface area contributed by atoms with Crippen LogP contribution in [0.4, 0.5) is 0 Å². The van der Waals surface area contributed by atoms with Gasteiger partial charge in [-0.05, 0) is 18.4 Å². The van der Waals surface area contributed by atoms with Gasteiger partial charge in [-0.25, -0.2) is 4.99 Å². The van der Waals surface area contributed by atoms with Gasteiger partial charge in [0.15, 0.2) is 5.62 Å². The molecule has 3 rings (SSSR count). The maximum Gasteiger partial charge on any atom is 0.197 e. The number of hydrogen-bond acceptors (Lipinski definition) is 3. The summed E-state index contributed by atoms with van der Waals surface area (Å²) in [4.78, 5) is 4.46. The van der Waals surface area contributed by atoms with Crippen LogP contribution in [0.1, 0.15) is 18.4 Å². The fraction of sp³-hybridized carbons (Fsp3) is 0.235. The van der Waals surface area contributed by atoms with Gasteiger partial charge in [-0.1, -0.05) is 54.1 Å². The second-order valence-electron chi connectivity index (χ2n) is 5.00. The van der Waals surface area contributed by atoms with E-state index in [2.05, 4.69) is 40.4 Å². The Morgan fingerprint density at radius 1 is 1.38 bits per heavy atom. The number of rotatable bonds is 4. The number of amidine groups is 1. The minimum absolute atomic E-state index is 0.430. The Kier molecular flexibility index (Phi) is 4.11. The third-order valence-corrected chi connectivity index (χ3v) is 3.81. The van der Waals surface area contributed by atoms with E-state index in [-0.39, 0.29) is 0 Å². The number of nitrogens with one attached hydrogen (secondary N) is 2. The first kappa shape index (κ1) is 14.0. The van der Waals surface area contributed by atoms with Gasteiger partial charge in [0, 0.05) is 17.7 Å². The second-order valence-corrected chi connectivity index (χ2v) is 5.42. The number of allylic oxidation sites excluding steroid dienone is 2. The smallest absolute Gasteiger partial charge is 0.197 e. The lowest BCUT2D eigenvalue weighted by Crippen LogP contribution is -2.36. The van der Waals surface area contributed by atoms with E-state index in [0.717, 1.165) is 30.9 Å². The second kappa shape index (κ2) is 6.19. The number of alkyl halides is 1. The van der Waals surface area contributed by atoms with Crippen LogP contribution in [-0.2, 0) is 0 Å². The molecule has 0 aromatic heterocycles. The Morgan fingerprint density at radius 3 is 2.95 bits per heavy atom. The van der Waals surface area contributed by atoms with Crippen molar-refractivity contribution >= 4 is 23.0 Å². The predicted molar refractivity (Wildman–Crippen MR) is 89.1 cm³/mol. The fourth-order valence-electron chi connectivity index (χ4n) is 2.62. The molecule has 0 amide bonds. The lowest BCUT2D eigenvalue weighted by Gasteiger charge is -2.24. The Bertz CT molecular complexity index is 629. The molecule has 1 unspecified atom stereocenters. The molecule has 1 aromatic rings. The quantitative estimate of drug-likeness (QED) is 0.387. The summed E-state index contributed by atoms with van der Waals surface area (Å²) in [6, 6.07) is 10.4. The molecule has 1 aliphatic carbocycles. The lowest BCUT2D eigenvalue weighted by molar-refractivity contribution is 0.746. The fourth-order valence-corrected chi connectivity index (χ4v) is 2.82. The molecule has 1 atom stereocenters. The van der Waals surface area contributed by atoms with E-state index in [1.165, 1.54) is 16.7 Å². The molecule has 1 heterocycles. The minimum atomic E-state index is -0.430. The van der Waals surface area contributed by atoms with Crippen LogP contribution in [0.2, 0.25) is 0 Å². The minimum Gasteiger partial charge on any atom is -0.370 e.